The molecule has 5 heteroatoms. The molecule has 0 fully saturated rings. The van der Waals surface area contributed by atoms with E-state index in [1.807, 2.05) is 6.07 Å². The summed E-state index contributed by atoms with van der Waals surface area (Å²) in [6.45, 7) is 4.32. The van der Waals surface area contributed by atoms with E-state index in [0.29, 0.717) is 25.1 Å². The van der Waals surface area contributed by atoms with E-state index in [2.05, 4.69) is 0 Å². The van der Waals surface area contributed by atoms with Gasteiger partial charge in [0.05, 0.1) is 11.0 Å². The summed E-state index contributed by atoms with van der Waals surface area (Å²) in [6, 6.07) is 11.3. The van der Waals surface area contributed by atoms with Crippen LogP contribution in [0.5, 0.6) is 0 Å². The smallest absolute Gasteiger partial charge is 0.335 e. The maximum absolute atomic E-state index is 14.2. The quantitative estimate of drug-likeness (QED) is 0.931. The standard InChI is InChI=1S/C20H20FNO3/c1-20(2,16-5-3-4-6-17(16)21)19(25)22-10-9-13-7-8-14(18(23)24)11-15(13)12-22/h3-8,11H,9-10,12H2,1-2H3,(H,23,24). The highest BCUT2D eigenvalue weighted by Crippen LogP contribution is 2.30. The van der Waals surface area contributed by atoms with Gasteiger partial charge in [0.15, 0.2) is 0 Å². The van der Waals surface area contributed by atoms with E-state index < -0.39 is 17.2 Å². The number of carbonyl (C=O) groups excluding carboxylic acids is 1. The highest BCUT2D eigenvalue weighted by molar-refractivity contribution is 5.89. The average molecular weight is 341 g/mol. The van der Waals surface area contributed by atoms with Crippen molar-refractivity contribution in [1.82, 2.24) is 4.90 Å². The third-order valence-corrected chi connectivity index (χ3v) is 4.83. The molecule has 0 atom stereocenters. The fourth-order valence-corrected chi connectivity index (χ4v) is 3.34. The van der Waals surface area contributed by atoms with Gasteiger partial charge in [0, 0.05) is 18.7 Å². The van der Waals surface area contributed by atoms with E-state index >= 15 is 0 Å². The van der Waals surface area contributed by atoms with E-state index in [1.165, 1.54) is 6.07 Å². The molecule has 2 aromatic carbocycles. The minimum Gasteiger partial charge on any atom is -0.478 e. The maximum atomic E-state index is 14.2. The van der Waals surface area contributed by atoms with Gasteiger partial charge in [-0.15, -0.1) is 0 Å². The first kappa shape index (κ1) is 17.1. The van der Waals surface area contributed by atoms with Gasteiger partial charge < -0.3 is 10.0 Å². The molecule has 25 heavy (non-hydrogen) atoms. The summed E-state index contributed by atoms with van der Waals surface area (Å²) < 4.78 is 14.2. The normalized spacial score (nSPS) is 14.1. The molecule has 0 bridgehead atoms. The molecule has 1 heterocycles. The fraction of sp³-hybridized carbons (Fsp3) is 0.300. The third-order valence-electron chi connectivity index (χ3n) is 4.83. The number of amides is 1. The van der Waals surface area contributed by atoms with E-state index in [1.54, 1.807) is 49.1 Å². The first-order chi connectivity index (χ1) is 11.8. The largest absolute Gasteiger partial charge is 0.478 e. The zero-order valence-electron chi connectivity index (χ0n) is 14.3. The molecule has 130 valence electrons. The summed E-state index contributed by atoms with van der Waals surface area (Å²) in [4.78, 5) is 25.9. The van der Waals surface area contributed by atoms with Crippen LogP contribution in [0.2, 0.25) is 0 Å². The van der Waals surface area contributed by atoms with Crippen molar-refractivity contribution in [2.75, 3.05) is 6.54 Å². The van der Waals surface area contributed by atoms with Crippen LogP contribution < -0.4 is 0 Å². The summed E-state index contributed by atoms with van der Waals surface area (Å²) in [5.74, 6) is -1.55. The zero-order valence-corrected chi connectivity index (χ0v) is 14.3. The lowest BCUT2D eigenvalue weighted by molar-refractivity contribution is -0.137. The highest BCUT2D eigenvalue weighted by Gasteiger charge is 2.36. The lowest BCUT2D eigenvalue weighted by Crippen LogP contribution is -2.46. The predicted octanol–water partition coefficient (Wildman–Crippen LogP) is 3.39. The van der Waals surface area contributed by atoms with Crippen molar-refractivity contribution in [1.29, 1.82) is 0 Å². The van der Waals surface area contributed by atoms with Gasteiger partial charge in [-0.2, -0.15) is 0 Å². The number of halogens is 1. The Labute approximate surface area is 145 Å². The zero-order chi connectivity index (χ0) is 18.2. The summed E-state index contributed by atoms with van der Waals surface area (Å²) >= 11 is 0. The van der Waals surface area contributed by atoms with Crippen LogP contribution in [-0.4, -0.2) is 28.4 Å². The SMILES string of the molecule is CC(C)(C(=O)N1CCc2ccc(C(=O)O)cc2C1)c1ccccc1F. The number of carbonyl (C=O) groups is 2. The molecule has 1 N–H and O–H groups in total. The first-order valence-corrected chi connectivity index (χ1v) is 8.20. The summed E-state index contributed by atoms with van der Waals surface area (Å²) in [7, 11) is 0. The Balaban J connectivity index is 1.88. The molecule has 4 nitrogen and oxygen atoms in total. The molecule has 3 rings (SSSR count). The van der Waals surface area contributed by atoms with Crippen molar-refractivity contribution >= 4 is 11.9 Å². The monoisotopic (exact) mass is 341 g/mol. The number of benzene rings is 2. The second-order valence-electron chi connectivity index (χ2n) is 6.87. The third kappa shape index (κ3) is 3.14. The summed E-state index contributed by atoms with van der Waals surface area (Å²) in [5.41, 5.74) is 1.47. The number of rotatable bonds is 3. The highest BCUT2D eigenvalue weighted by atomic mass is 19.1. The average Bonchev–Trinajstić information content (AvgIpc) is 2.60. The van der Waals surface area contributed by atoms with Crippen molar-refractivity contribution in [3.8, 4) is 0 Å². The predicted molar refractivity (Wildman–Crippen MR) is 91.9 cm³/mol. The lowest BCUT2D eigenvalue weighted by Gasteiger charge is -2.35. The first-order valence-electron chi connectivity index (χ1n) is 8.20. The van der Waals surface area contributed by atoms with Gasteiger partial charge in [-0.05, 0) is 49.6 Å². The minimum absolute atomic E-state index is 0.163. The summed E-state index contributed by atoms with van der Waals surface area (Å²) in [5, 5.41) is 9.15. The number of carboxylic acid groups (broad SMARTS) is 1. The number of carboxylic acids is 1. The number of aromatic carboxylic acids is 1. The Hall–Kier alpha value is -2.69. The van der Waals surface area contributed by atoms with Crippen LogP contribution >= 0.6 is 0 Å². The second-order valence-corrected chi connectivity index (χ2v) is 6.87. The van der Waals surface area contributed by atoms with Crippen LogP contribution in [0.25, 0.3) is 0 Å². The number of nitrogens with zero attached hydrogens (tertiary/aromatic N) is 1. The molecular weight excluding hydrogens is 321 g/mol. The molecule has 0 spiro atoms. The van der Waals surface area contributed by atoms with Crippen LogP contribution in [0.4, 0.5) is 4.39 Å². The van der Waals surface area contributed by atoms with E-state index in [4.69, 9.17) is 5.11 Å². The van der Waals surface area contributed by atoms with E-state index in [0.717, 1.165) is 11.1 Å². The molecule has 0 aromatic heterocycles. The molecule has 0 radical (unpaired) electrons. The van der Waals surface area contributed by atoms with Gasteiger partial charge >= 0.3 is 5.97 Å². The van der Waals surface area contributed by atoms with Gasteiger partial charge in [-0.1, -0.05) is 24.3 Å². The van der Waals surface area contributed by atoms with E-state index in [-0.39, 0.29) is 11.5 Å². The summed E-state index contributed by atoms with van der Waals surface area (Å²) in [6.07, 6.45) is 0.661. The molecule has 0 saturated carbocycles. The van der Waals surface area contributed by atoms with Gasteiger partial charge in [0.25, 0.3) is 0 Å². The lowest BCUT2D eigenvalue weighted by atomic mass is 9.82. The Morgan fingerprint density at radius 3 is 2.52 bits per heavy atom. The Bertz CT molecular complexity index is 845. The van der Waals surface area contributed by atoms with Crippen molar-refractivity contribution in [2.24, 2.45) is 0 Å². The molecule has 0 aliphatic carbocycles. The molecule has 1 amide bonds. The van der Waals surface area contributed by atoms with E-state index in [9.17, 15) is 14.0 Å². The van der Waals surface area contributed by atoms with Crippen molar-refractivity contribution < 1.29 is 19.1 Å². The molecule has 2 aromatic rings. The van der Waals surface area contributed by atoms with Crippen LogP contribution in [0, 0.1) is 5.82 Å². The maximum Gasteiger partial charge on any atom is 0.335 e. The fourth-order valence-electron chi connectivity index (χ4n) is 3.34. The van der Waals surface area contributed by atoms with Crippen molar-refractivity contribution in [2.45, 2.75) is 32.2 Å². The van der Waals surface area contributed by atoms with Gasteiger partial charge in [-0.3, -0.25) is 4.79 Å². The van der Waals surface area contributed by atoms with Gasteiger partial charge in [0.1, 0.15) is 5.82 Å². The van der Waals surface area contributed by atoms with Crippen molar-refractivity contribution in [3.63, 3.8) is 0 Å². The van der Waals surface area contributed by atoms with Crippen LogP contribution in [-0.2, 0) is 23.2 Å². The number of hydrogen-bond acceptors (Lipinski definition) is 2. The Morgan fingerprint density at radius 2 is 1.84 bits per heavy atom. The van der Waals surface area contributed by atoms with Crippen molar-refractivity contribution in [3.05, 3.63) is 70.5 Å². The Morgan fingerprint density at radius 1 is 1.12 bits per heavy atom. The number of fused-ring (bicyclic) bond motifs is 1. The minimum atomic E-state index is -0.993. The molecule has 0 unspecified atom stereocenters. The number of hydrogen-bond donors (Lipinski definition) is 1. The van der Waals surface area contributed by atoms with Crippen LogP contribution in [0.15, 0.2) is 42.5 Å². The molecular formula is C20H20FNO3. The topological polar surface area (TPSA) is 57.6 Å². The molecule has 1 aliphatic rings. The molecule has 1 aliphatic heterocycles. The Kier molecular flexibility index (Phi) is 4.33. The van der Waals surface area contributed by atoms with Gasteiger partial charge in [0.2, 0.25) is 5.91 Å². The molecule has 0 saturated heterocycles. The van der Waals surface area contributed by atoms with Crippen LogP contribution in [0.3, 0.4) is 0 Å². The van der Waals surface area contributed by atoms with Crippen LogP contribution in [0.1, 0.15) is 40.9 Å². The van der Waals surface area contributed by atoms with Gasteiger partial charge in [-0.25, -0.2) is 9.18 Å². The second kappa shape index (κ2) is 6.31.